The molecule has 0 spiro atoms. The fraction of sp³-hybridized carbons (Fsp3) is 0.800. The number of methoxy groups -OCH3 is 1. The van der Waals surface area contributed by atoms with Crippen molar-refractivity contribution in [2.75, 3.05) is 20.3 Å². The second-order valence-electron chi connectivity index (χ2n) is 3.68. The maximum Gasteiger partial charge on any atom is 0.220 e. The Balaban J connectivity index is 3.44. The van der Waals surface area contributed by atoms with Gasteiger partial charge in [0.05, 0.1) is 4.99 Å². The van der Waals surface area contributed by atoms with Crippen LogP contribution in [0.3, 0.4) is 0 Å². The predicted molar refractivity (Wildman–Crippen MR) is 64.7 cm³/mol. The summed E-state index contributed by atoms with van der Waals surface area (Å²) in [6.07, 6.45) is 1.99. The van der Waals surface area contributed by atoms with Crippen molar-refractivity contribution in [1.29, 1.82) is 0 Å². The van der Waals surface area contributed by atoms with Gasteiger partial charge in [-0.05, 0) is 18.8 Å². The van der Waals surface area contributed by atoms with Crippen LogP contribution in [0.15, 0.2) is 0 Å². The predicted octanol–water partition coefficient (Wildman–Crippen LogP) is 0.842. The van der Waals surface area contributed by atoms with E-state index in [-0.39, 0.29) is 11.8 Å². The summed E-state index contributed by atoms with van der Waals surface area (Å²) in [7, 11) is 1.64. The highest BCUT2D eigenvalue weighted by molar-refractivity contribution is 7.80. The lowest BCUT2D eigenvalue weighted by Crippen LogP contribution is -2.27. The molecule has 0 saturated heterocycles. The molecule has 0 heterocycles. The van der Waals surface area contributed by atoms with Gasteiger partial charge in [-0.3, -0.25) is 4.79 Å². The number of rotatable bonds is 8. The largest absolute Gasteiger partial charge is 0.393 e. The molecule has 15 heavy (non-hydrogen) atoms. The molecule has 0 aromatic carbocycles. The highest BCUT2D eigenvalue weighted by atomic mass is 32.1. The van der Waals surface area contributed by atoms with Crippen LogP contribution in [0.4, 0.5) is 0 Å². The molecule has 0 aliphatic carbocycles. The second-order valence-corrected chi connectivity index (χ2v) is 4.21. The lowest BCUT2D eigenvalue weighted by Gasteiger charge is -2.10. The molecule has 88 valence electrons. The Kier molecular flexibility index (Phi) is 8.22. The fourth-order valence-corrected chi connectivity index (χ4v) is 1.37. The standard InChI is InChI=1S/C10H20N2O2S/c1-8(7-14-2)6-10(13)12-5-3-4-9(11)15/h8H,3-7H2,1-2H3,(H2,11,15)(H,12,13). The number of hydrogen-bond donors (Lipinski definition) is 2. The molecular formula is C10H20N2O2S. The second kappa shape index (κ2) is 8.61. The number of amides is 1. The summed E-state index contributed by atoms with van der Waals surface area (Å²) in [5.74, 6) is 0.313. The molecule has 4 nitrogen and oxygen atoms in total. The van der Waals surface area contributed by atoms with E-state index in [1.54, 1.807) is 7.11 Å². The molecule has 0 saturated carbocycles. The summed E-state index contributed by atoms with van der Waals surface area (Å²) in [6, 6.07) is 0. The minimum atomic E-state index is 0.0579. The van der Waals surface area contributed by atoms with Crippen LogP contribution in [0.5, 0.6) is 0 Å². The summed E-state index contributed by atoms with van der Waals surface area (Å²) in [6.45, 7) is 3.23. The Morgan fingerprint density at radius 3 is 2.80 bits per heavy atom. The zero-order valence-corrected chi connectivity index (χ0v) is 10.2. The van der Waals surface area contributed by atoms with E-state index >= 15 is 0 Å². The zero-order chi connectivity index (χ0) is 11.7. The van der Waals surface area contributed by atoms with E-state index in [2.05, 4.69) is 5.32 Å². The van der Waals surface area contributed by atoms with Crippen LogP contribution in [-0.4, -0.2) is 31.2 Å². The lowest BCUT2D eigenvalue weighted by molar-refractivity contribution is -0.122. The van der Waals surface area contributed by atoms with Crippen LogP contribution in [0, 0.1) is 5.92 Å². The molecule has 0 radical (unpaired) electrons. The first kappa shape index (κ1) is 14.3. The summed E-state index contributed by atoms with van der Waals surface area (Å²) >= 11 is 4.73. The van der Waals surface area contributed by atoms with Crippen molar-refractivity contribution in [3.05, 3.63) is 0 Å². The smallest absolute Gasteiger partial charge is 0.220 e. The van der Waals surface area contributed by atoms with Crippen molar-refractivity contribution < 1.29 is 9.53 Å². The van der Waals surface area contributed by atoms with Gasteiger partial charge >= 0.3 is 0 Å². The first-order valence-electron chi connectivity index (χ1n) is 5.10. The average Bonchev–Trinajstić information content (AvgIpc) is 2.12. The first-order valence-corrected chi connectivity index (χ1v) is 5.51. The lowest BCUT2D eigenvalue weighted by atomic mass is 10.1. The van der Waals surface area contributed by atoms with E-state index in [1.807, 2.05) is 6.92 Å². The van der Waals surface area contributed by atoms with Crippen molar-refractivity contribution in [3.63, 3.8) is 0 Å². The van der Waals surface area contributed by atoms with Crippen LogP contribution in [-0.2, 0) is 9.53 Å². The fourth-order valence-electron chi connectivity index (χ4n) is 1.22. The van der Waals surface area contributed by atoms with E-state index < -0.39 is 0 Å². The van der Waals surface area contributed by atoms with Gasteiger partial charge in [0, 0.05) is 26.7 Å². The summed E-state index contributed by atoms with van der Waals surface area (Å²) in [4.78, 5) is 11.8. The molecule has 0 aromatic rings. The van der Waals surface area contributed by atoms with Crippen LogP contribution in [0.1, 0.15) is 26.2 Å². The number of hydrogen-bond acceptors (Lipinski definition) is 3. The summed E-state index contributed by atoms with van der Waals surface area (Å²) in [5.41, 5.74) is 5.33. The van der Waals surface area contributed by atoms with E-state index in [0.29, 0.717) is 31.0 Å². The maximum atomic E-state index is 11.3. The Bertz CT molecular complexity index is 210. The summed E-state index contributed by atoms with van der Waals surface area (Å²) < 4.78 is 4.95. The Hall–Kier alpha value is -0.680. The van der Waals surface area contributed by atoms with Crippen molar-refractivity contribution in [3.8, 4) is 0 Å². The average molecular weight is 232 g/mol. The molecule has 1 amide bonds. The number of carbonyl (C=O) groups is 1. The Morgan fingerprint density at radius 2 is 2.27 bits per heavy atom. The number of nitrogens with one attached hydrogen (secondary N) is 1. The normalized spacial score (nSPS) is 12.1. The van der Waals surface area contributed by atoms with Crippen LogP contribution < -0.4 is 11.1 Å². The highest BCUT2D eigenvalue weighted by Gasteiger charge is 2.07. The molecule has 0 aromatic heterocycles. The minimum Gasteiger partial charge on any atom is -0.393 e. The Labute approximate surface area is 96.5 Å². The van der Waals surface area contributed by atoms with Gasteiger partial charge < -0.3 is 15.8 Å². The third-order valence-electron chi connectivity index (χ3n) is 1.91. The van der Waals surface area contributed by atoms with Crippen LogP contribution in [0.25, 0.3) is 0 Å². The quantitative estimate of drug-likeness (QED) is 0.481. The van der Waals surface area contributed by atoms with Crippen molar-refractivity contribution in [2.45, 2.75) is 26.2 Å². The van der Waals surface area contributed by atoms with Gasteiger partial charge in [-0.25, -0.2) is 0 Å². The van der Waals surface area contributed by atoms with Gasteiger partial charge in [-0.15, -0.1) is 0 Å². The van der Waals surface area contributed by atoms with Crippen LogP contribution in [0.2, 0.25) is 0 Å². The molecule has 5 heteroatoms. The zero-order valence-electron chi connectivity index (χ0n) is 9.41. The molecular weight excluding hydrogens is 212 g/mol. The van der Waals surface area contributed by atoms with Crippen molar-refractivity contribution in [2.24, 2.45) is 11.7 Å². The summed E-state index contributed by atoms with van der Waals surface area (Å²) in [5, 5.41) is 2.82. The molecule has 3 N–H and O–H groups in total. The first-order chi connectivity index (χ1) is 7.06. The van der Waals surface area contributed by atoms with E-state index in [1.165, 1.54) is 0 Å². The highest BCUT2D eigenvalue weighted by Crippen LogP contribution is 2.01. The number of ether oxygens (including phenoxy) is 1. The number of nitrogens with two attached hydrogens (primary N) is 1. The third kappa shape index (κ3) is 9.62. The van der Waals surface area contributed by atoms with Gasteiger partial charge in [0.2, 0.25) is 5.91 Å². The third-order valence-corrected chi connectivity index (χ3v) is 2.11. The number of carbonyl (C=O) groups excluding carboxylic acids is 1. The van der Waals surface area contributed by atoms with Crippen molar-refractivity contribution >= 4 is 23.1 Å². The molecule has 1 unspecified atom stereocenters. The van der Waals surface area contributed by atoms with Gasteiger partial charge in [0.25, 0.3) is 0 Å². The van der Waals surface area contributed by atoms with Gasteiger partial charge in [0.15, 0.2) is 0 Å². The Morgan fingerprint density at radius 1 is 1.60 bits per heavy atom. The maximum absolute atomic E-state index is 11.3. The van der Waals surface area contributed by atoms with Gasteiger partial charge in [0.1, 0.15) is 0 Å². The van der Waals surface area contributed by atoms with E-state index in [9.17, 15) is 4.79 Å². The van der Waals surface area contributed by atoms with Crippen molar-refractivity contribution in [1.82, 2.24) is 5.32 Å². The molecule has 0 aliphatic rings. The van der Waals surface area contributed by atoms with Gasteiger partial charge in [-0.1, -0.05) is 19.1 Å². The topological polar surface area (TPSA) is 64.3 Å². The molecule has 1 atom stereocenters. The minimum absolute atomic E-state index is 0.0579. The van der Waals surface area contributed by atoms with Gasteiger partial charge in [-0.2, -0.15) is 0 Å². The molecule has 0 fully saturated rings. The van der Waals surface area contributed by atoms with Crippen LogP contribution >= 0.6 is 12.2 Å². The number of thiocarbonyl (C=S) groups is 1. The molecule has 0 bridgehead atoms. The SMILES string of the molecule is COCC(C)CC(=O)NCCCC(N)=S. The molecule has 0 rings (SSSR count). The van der Waals surface area contributed by atoms with E-state index in [4.69, 9.17) is 22.7 Å². The monoisotopic (exact) mass is 232 g/mol. The molecule has 0 aliphatic heterocycles. The van der Waals surface area contributed by atoms with E-state index in [0.717, 1.165) is 6.42 Å².